The van der Waals surface area contributed by atoms with Crippen molar-refractivity contribution in [2.45, 2.75) is 38.5 Å². The van der Waals surface area contributed by atoms with E-state index in [1.807, 2.05) is 6.07 Å². The second kappa shape index (κ2) is 8.98. The molecule has 0 radical (unpaired) electrons. The standard InChI is InChI=1S/C6H6BrN3O.C6H12/c7-5-1-2-6(8-3-5)10-9-4-11;1-2-4-6-5-3-1/h1-4H,(H,8,10)(H,9,11);1-6H2. The van der Waals surface area contributed by atoms with Gasteiger partial charge >= 0.3 is 0 Å². The maximum atomic E-state index is 9.83. The molecule has 1 aromatic heterocycles. The SMILES string of the molecule is C1CCCCC1.O=CNNc1ccc(Br)cn1. The minimum absolute atomic E-state index is 0.545. The Morgan fingerprint density at radius 2 is 1.71 bits per heavy atom. The predicted molar refractivity (Wildman–Crippen MR) is 72.5 cm³/mol. The number of rotatable bonds is 3. The summed E-state index contributed by atoms with van der Waals surface area (Å²) in [6.07, 6.45) is 11.2. The molecule has 2 rings (SSSR count). The summed E-state index contributed by atoms with van der Waals surface area (Å²) in [5.41, 5.74) is 4.85. The van der Waals surface area contributed by atoms with Crippen LogP contribution in [0, 0.1) is 0 Å². The highest BCUT2D eigenvalue weighted by Gasteiger charge is 1.95. The van der Waals surface area contributed by atoms with Gasteiger partial charge in [-0.2, -0.15) is 0 Å². The molecule has 0 bridgehead atoms. The van der Waals surface area contributed by atoms with E-state index in [4.69, 9.17) is 0 Å². The van der Waals surface area contributed by atoms with E-state index in [1.165, 1.54) is 38.5 Å². The molecule has 17 heavy (non-hydrogen) atoms. The van der Waals surface area contributed by atoms with E-state index >= 15 is 0 Å². The van der Waals surface area contributed by atoms with Gasteiger partial charge in [0.25, 0.3) is 0 Å². The first kappa shape index (κ1) is 14.0. The van der Waals surface area contributed by atoms with Gasteiger partial charge in [-0.25, -0.2) is 4.98 Å². The van der Waals surface area contributed by atoms with Crippen LogP contribution in [0.4, 0.5) is 5.82 Å². The van der Waals surface area contributed by atoms with Crippen molar-refractivity contribution in [2.75, 3.05) is 5.43 Å². The van der Waals surface area contributed by atoms with Crippen molar-refractivity contribution < 1.29 is 4.79 Å². The zero-order chi connectivity index (χ0) is 12.3. The molecule has 1 aromatic rings. The van der Waals surface area contributed by atoms with Crippen molar-refractivity contribution in [2.24, 2.45) is 0 Å². The first-order valence-corrected chi connectivity index (χ1v) is 6.69. The van der Waals surface area contributed by atoms with Crippen LogP contribution in [-0.2, 0) is 4.79 Å². The minimum Gasteiger partial charge on any atom is -0.282 e. The van der Waals surface area contributed by atoms with Crippen molar-refractivity contribution in [1.82, 2.24) is 10.4 Å². The zero-order valence-corrected chi connectivity index (χ0v) is 11.4. The van der Waals surface area contributed by atoms with Gasteiger partial charge in [0.2, 0.25) is 6.41 Å². The largest absolute Gasteiger partial charge is 0.282 e. The highest BCUT2D eigenvalue weighted by atomic mass is 79.9. The fourth-order valence-corrected chi connectivity index (χ4v) is 1.85. The molecule has 0 unspecified atom stereocenters. The third kappa shape index (κ3) is 6.94. The van der Waals surface area contributed by atoms with Gasteiger partial charge in [-0.3, -0.25) is 15.6 Å². The number of hydrazine groups is 1. The molecule has 0 aromatic carbocycles. The lowest BCUT2D eigenvalue weighted by atomic mass is 10.0. The van der Waals surface area contributed by atoms with Gasteiger partial charge < -0.3 is 0 Å². The van der Waals surface area contributed by atoms with Gasteiger partial charge in [-0.15, -0.1) is 0 Å². The Kier molecular flexibility index (Phi) is 7.38. The van der Waals surface area contributed by atoms with Crippen LogP contribution in [-0.4, -0.2) is 11.4 Å². The Bertz CT molecular complexity index is 301. The number of pyridine rings is 1. The van der Waals surface area contributed by atoms with E-state index in [0.29, 0.717) is 12.2 Å². The van der Waals surface area contributed by atoms with Crippen molar-refractivity contribution in [3.63, 3.8) is 0 Å². The van der Waals surface area contributed by atoms with Gasteiger partial charge in [-0.05, 0) is 28.1 Å². The van der Waals surface area contributed by atoms with E-state index in [1.54, 1.807) is 12.3 Å². The topological polar surface area (TPSA) is 54.0 Å². The van der Waals surface area contributed by atoms with Gasteiger partial charge in [0.05, 0.1) is 0 Å². The summed E-state index contributed by atoms with van der Waals surface area (Å²) in [5, 5.41) is 0. The summed E-state index contributed by atoms with van der Waals surface area (Å²) in [7, 11) is 0. The third-order valence-electron chi connectivity index (χ3n) is 2.49. The number of carbonyl (C=O) groups is 1. The van der Waals surface area contributed by atoms with Crippen LogP contribution in [0.5, 0.6) is 0 Å². The lowest BCUT2D eigenvalue weighted by molar-refractivity contribution is -0.109. The second-order valence-electron chi connectivity index (χ2n) is 3.87. The molecule has 1 heterocycles. The quantitative estimate of drug-likeness (QED) is 0.665. The van der Waals surface area contributed by atoms with Gasteiger partial charge in [-0.1, -0.05) is 38.5 Å². The maximum Gasteiger partial charge on any atom is 0.225 e. The molecular formula is C12H18BrN3O. The lowest BCUT2D eigenvalue weighted by Crippen LogP contribution is -2.19. The van der Waals surface area contributed by atoms with Crippen LogP contribution in [0.3, 0.4) is 0 Å². The fraction of sp³-hybridized carbons (Fsp3) is 0.500. The normalized spacial score (nSPS) is 14.2. The fourth-order valence-electron chi connectivity index (χ4n) is 1.61. The third-order valence-corrected chi connectivity index (χ3v) is 2.96. The average molecular weight is 300 g/mol. The van der Waals surface area contributed by atoms with Crippen molar-refractivity contribution in [3.8, 4) is 0 Å². The highest BCUT2D eigenvalue weighted by molar-refractivity contribution is 9.10. The first-order chi connectivity index (χ1) is 8.33. The smallest absolute Gasteiger partial charge is 0.225 e. The van der Waals surface area contributed by atoms with E-state index in [-0.39, 0.29) is 0 Å². The molecule has 5 heteroatoms. The summed E-state index contributed by atoms with van der Waals surface area (Å²) in [6, 6.07) is 3.56. The van der Waals surface area contributed by atoms with Gasteiger partial charge in [0.1, 0.15) is 5.82 Å². The average Bonchev–Trinajstić information content (AvgIpc) is 2.41. The van der Waals surface area contributed by atoms with Crippen LogP contribution in [0.2, 0.25) is 0 Å². The van der Waals surface area contributed by atoms with E-state index in [0.717, 1.165) is 4.47 Å². The second-order valence-corrected chi connectivity index (χ2v) is 4.79. The van der Waals surface area contributed by atoms with Crippen molar-refractivity contribution >= 4 is 28.2 Å². The Labute approximate surface area is 110 Å². The number of aromatic nitrogens is 1. The van der Waals surface area contributed by atoms with Crippen molar-refractivity contribution in [3.05, 3.63) is 22.8 Å². The molecule has 1 amide bonds. The molecule has 0 aliphatic heterocycles. The Morgan fingerprint density at radius 1 is 1.12 bits per heavy atom. The number of nitrogens with zero attached hydrogens (tertiary/aromatic N) is 1. The summed E-state index contributed by atoms with van der Waals surface area (Å²) in [6.45, 7) is 0. The molecule has 0 spiro atoms. The number of amides is 1. The molecule has 1 saturated carbocycles. The molecule has 0 atom stereocenters. The number of halogens is 1. The summed E-state index contributed by atoms with van der Waals surface area (Å²) in [4.78, 5) is 13.8. The summed E-state index contributed by atoms with van der Waals surface area (Å²) >= 11 is 3.23. The van der Waals surface area contributed by atoms with Crippen molar-refractivity contribution in [1.29, 1.82) is 0 Å². The predicted octanol–water partition coefficient (Wildman–Crippen LogP) is 3.26. The Hall–Kier alpha value is -1.10. The van der Waals surface area contributed by atoms with E-state index < -0.39 is 0 Å². The van der Waals surface area contributed by atoms with Crippen LogP contribution < -0.4 is 10.9 Å². The molecule has 0 saturated heterocycles. The van der Waals surface area contributed by atoms with Crippen LogP contribution in [0.1, 0.15) is 38.5 Å². The highest BCUT2D eigenvalue weighted by Crippen LogP contribution is 2.15. The Balaban J connectivity index is 0.000000202. The zero-order valence-electron chi connectivity index (χ0n) is 9.79. The molecule has 1 aliphatic rings. The maximum absolute atomic E-state index is 9.83. The molecule has 94 valence electrons. The van der Waals surface area contributed by atoms with Crippen LogP contribution in [0.25, 0.3) is 0 Å². The summed E-state index contributed by atoms with van der Waals surface area (Å²) in [5.74, 6) is 0.598. The van der Waals surface area contributed by atoms with Gasteiger partial charge in [0.15, 0.2) is 0 Å². The molecule has 2 N–H and O–H groups in total. The van der Waals surface area contributed by atoms with Gasteiger partial charge in [0, 0.05) is 10.7 Å². The van der Waals surface area contributed by atoms with Crippen LogP contribution >= 0.6 is 15.9 Å². The summed E-state index contributed by atoms with van der Waals surface area (Å²) < 4.78 is 0.897. The number of carbonyl (C=O) groups excluding carboxylic acids is 1. The minimum atomic E-state index is 0.545. The molecule has 1 fully saturated rings. The van der Waals surface area contributed by atoms with E-state index in [9.17, 15) is 4.79 Å². The van der Waals surface area contributed by atoms with Crippen LogP contribution in [0.15, 0.2) is 22.8 Å². The number of nitrogens with one attached hydrogen (secondary N) is 2. The number of hydrogen-bond donors (Lipinski definition) is 2. The number of hydrogen-bond acceptors (Lipinski definition) is 3. The number of anilines is 1. The Morgan fingerprint density at radius 3 is 2.12 bits per heavy atom. The molecule has 4 nitrogen and oxygen atoms in total. The first-order valence-electron chi connectivity index (χ1n) is 5.89. The lowest BCUT2D eigenvalue weighted by Gasteiger charge is -2.05. The monoisotopic (exact) mass is 299 g/mol. The molecular weight excluding hydrogens is 282 g/mol. The van der Waals surface area contributed by atoms with E-state index in [2.05, 4.69) is 31.8 Å². The molecule has 1 aliphatic carbocycles.